The predicted molar refractivity (Wildman–Crippen MR) is 189 cm³/mol. The molecule has 8 rings (SSSR count). The summed E-state index contributed by atoms with van der Waals surface area (Å²) in [6, 6.07) is 20.9. The van der Waals surface area contributed by atoms with Crippen LogP contribution in [-0.4, -0.2) is 61.8 Å². The zero-order valence-electron chi connectivity index (χ0n) is 28.7. The maximum Gasteiger partial charge on any atom is 0.262 e. The van der Waals surface area contributed by atoms with E-state index >= 15 is 0 Å². The summed E-state index contributed by atoms with van der Waals surface area (Å²) in [7, 11) is 0. The van der Waals surface area contributed by atoms with Crippen LogP contribution in [0.5, 0.6) is 17.2 Å². The van der Waals surface area contributed by atoms with Crippen LogP contribution in [0.15, 0.2) is 79.1 Å². The van der Waals surface area contributed by atoms with Crippen LogP contribution in [0.25, 0.3) is 0 Å². The lowest BCUT2D eigenvalue weighted by atomic mass is 9.73. The fourth-order valence-corrected chi connectivity index (χ4v) is 7.92. The Bertz CT molecular complexity index is 2020. The zero-order valence-corrected chi connectivity index (χ0v) is 28.7. The Hall–Kier alpha value is -5.62. The van der Waals surface area contributed by atoms with Gasteiger partial charge in [-0.3, -0.25) is 29.4 Å². The third kappa shape index (κ3) is 6.27. The van der Waals surface area contributed by atoms with Crippen molar-refractivity contribution in [2.24, 2.45) is 0 Å². The number of carbonyl (C=O) groups is 4. The number of hydrogen-bond acceptors (Lipinski definition) is 10. The number of benzene rings is 3. The SMILES string of the molecule is CC(O)c1ncc(Oc2ccc(C3(c4ccc(OC5CC(Nc6ccc7c(c6)C(=O)N(C6CCC(=O)NC6=O)C7=O)C5)cc4)CCCC3)cc2)cn1. The average Bonchev–Trinajstić information content (AvgIpc) is 3.72. The molecule has 3 N–H and O–H groups in total. The summed E-state index contributed by atoms with van der Waals surface area (Å²) in [6.07, 6.45) is 8.66. The molecule has 3 fully saturated rings. The van der Waals surface area contributed by atoms with Gasteiger partial charge in [0.2, 0.25) is 11.8 Å². The Kier molecular flexibility index (Phi) is 8.70. The van der Waals surface area contributed by atoms with E-state index in [0.29, 0.717) is 17.3 Å². The lowest BCUT2D eigenvalue weighted by molar-refractivity contribution is -0.136. The van der Waals surface area contributed by atoms with Crippen LogP contribution >= 0.6 is 0 Å². The highest BCUT2D eigenvalue weighted by Crippen LogP contribution is 2.47. The Balaban J connectivity index is 0.864. The maximum atomic E-state index is 13.2. The van der Waals surface area contributed by atoms with Crippen molar-refractivity contribution >= 4 is 29.3 Å². The van der Waals surface area contributed by atoms with E-state index in [1.807, 2.05) is 12.1 Å². The largest absolute Gasteiger partial charge is 0.490 e. The molecule has 266 valence electrons. The summed E-state index contributed by atoms with van der Waals surface area (Å²) in [4.78, 5) is 59.4. The minimum absolute atomic E-state index is 0.0469. The Labute approximate surface area is 300 Å². The number of ether oxygens (including phenoxy) is 2. The molecular weight excluding hydrogens is 662 g/mol. The van der Waals surface area contributed by atoms with Gasteiger partial charge in [-0.15, -0.1) is 0 Å². The first-order chi connectivity index (χ1) is 25.2. The van der Waals surface area contributed by atoms with Gasteiger partial charge < -0.3 is 19.9 Å². The van der Waals surface area contributed by atoms with Crippen LogP contribution in [-0.2, 0) is 15.0 Å². The highest BCUT2D eigenvalue weighted by molar-refractivity contribution is 6.23. The van der Waals surface area contributed by atoms with Gasteiger partial charge in [-0.1, -0.05) is 37.1 Å². The first-order valence-corrected chi connectivity index (χ1v) is 17.8. The van der Waals surface area contributed by atoms with Gasteiger partial charge in [-0.2, -0.15) is 0 Å². The normalized spacial score (nSPS) is 22.7. The smallest absolute Gasteiger partial charge is 0.262 e. The maximum absolute atomic E-state index is 13.2. The highest BCUT2D eigenvalue weighted by Gasteiger charge is 2.45. The lowest BCUT2D eigenvalue weighted by Gasteiger charge is -2.36. The molecule has 2 aliphatic carbocycles. The molecule has 3 heterocycles. The van der Waals surface area contributed by atoms with Crippen molar-refractivity contribution in [2.45, 2.75) is 88.0 Å². The number of rotatable bonds is 10. The topological polar surface area (TPSA) is 160 Å². The van der Waals surface area contributed by atoms with Crippen molar-refractivity contribution < 1.29 is 33.8 Å². The molecule has 0 radical (unpaired) electrons. The van der Waals surface area contributed by atoms with Crippen LogP contribution in [0, 0.1) is 0 Å². The molecule has 4 aliphatic rings. The number of nitrogens with one attached hydrogen (secondary N) is 2. The number of piperidine rings is 1. The fourth-order valence-electron chi connectivity index (χ4n) is 7.92. The molecule has 1 aromatic heterocycles. The molecule has 0 spiro atoms. The molecule has 4 aromatic rings. The molecule has 1 saturated heterocycles. The third-order valence-electron chi connectivity index (χ3n) is 10.7. The van der Waals surface area contributed by atoms with E-state index in [9.17, 15) is 24.3 Å². The third-order valence-corrected chi connectivity index (χ3v) is 10.7. The Morgan fingerprint density at radius 1 is 0.846 bits per heavy atom. The van der Waals surface area contributed by atoms with Gasteiger partial charge in [-0.25, -0.2) is 9.97 Å². The number of hydrogen-bond donors (Lipinski definition) is 3. The van der Waals surface area contributed by atoms with Crippen molar-refractivity contribution in [2.75, 3.05) is 5.32 Å². The number of aliphatic hydroxyl groups is 1. The van der Waals surface area contributed by atoms with Gasteiger partial charge in [-0.05, 0) is 79.8 Å². The van der Waals surface area contributed by atoms with Gasteiger partial charge in [0.25, 0.3) is 11.8 Å². The van der Waals surface area contributed by atoms with E-state index in [2.05, 4.69) is 57.0 Å². The minimum atomic E-state index is -0.987. The number of aliphatic hydroxyl groups excluding tert-OH is 1. The van der Waals surface area contributed by atoms with E-state index in [1.54, 1.807) is 37.5 Å². The number of aromatic nitrogens is 2. The Morgan fingerprint density at radius 2 is 1.48 bits per heavy atom. The van der Waals surface area contributed by atoms with Crippen LogP contribution in [0.3, 0.4) is 0 Å². The van der Waals surface area contributed by atoms with Gasteiger partial charge in [0.1, 0.15) is 29.7 Å². The molecule has 52 heavy (non-hydrogen) atoms. The second-order valence-corrected chi connectivity index (χ2v) is 14.2. The molecule has 2 saturated carbocycles. The van der Waals surface area contributed by atoms with Gasteiger partial charge >= 0.3 is 0 Å². The fraction of sp³-hybridized carbons (Fsp3) is 0.350. The number of anilines is 1. The highest BCUT2D eigenvalue weighted by atomic mass is 16.5. The number of carbonyl (C=O) groups excluding carboxylic acids is 4. The summed E-state index contributed by atoms with van der Waals surface area (Å²) < 4.78 is 12.3. The van der Waals surface area contributed by atoms with Crippen molar-refractivity contribution in [3.63, 3.8) is 0 Å². The summed E-state index contributed by atoms with van der Waals surface area (Å²) in [5, 5.41) is 15.3. The standard InChI is InChI=1S/C40H39N5O7/c1-23(46)36-41-21-31(22-42-36)52-29-11-6-25(7-12-29)40(16-2-3-17-40)24-4-9-28(10-5-24)51-30-18-27(19-30)43-26-8-13-32-33(20-26)39(50)45(38(32)49)34-14-15-35(47)44-37(34)48/h4-13,20-23,27,30,34,43,46H,2-3,14-19H2,1H3,(H,44,47,48). The quantitative estimate of drug-likeness (QED) is 0.178. The van der Waals surface area contributed by atoms with Gasteiger partial charge in [0.05, 0.1) is 23.5 Å². The molecule has 12 heteroatoms. The molecule has 4 amide bonds. The molecule has 12 nitrogen and oxygen atoms in total. The van der Waals surface area contributed by atoms with E-state index in [-0.39, 0.29) is 41.5 Å². The van der Waals surface area contributed by atoms with E-state index < -0.39 is 35.8 Å². The number of fused-ring (bicyclic) bond motifs is 1. The first kappa shape index (κ1) is 33.5. The first-order valence-electron chi connectivity index (χ1n) is 17.8. The van der Waals surface area contributed by atoms with Gasteiger partial charge in [0, 0.05) is 36.4 Å². The second kappa shape index (κ2) is 13.5. The summed E-state index contributed by atoms with van der Waals surface area (Å²) in [5.74, 6) is 0.319. The van der Waals surface area contributed by atoms with E-state index in [4.69, 9.17) is 9.47 Å². The number of amides is 4. The molecule has 0 bridgehead atoms. The molecule has 3 aromatic carbocycles. The summed E-state index contributed by atoms with van der Waals surface area (Å²) >= 11 is 0. The van der Waals surface area contributed by atoms with Crippen molar-refractivity contribution in [3.05, 3.63) is 107 Å². The molecule has 2 unspecified atom stereocenters. The monoisotopic (exact) mass is 701 g/mol. The van der Waals surface area contributed by atoms with Crippen molar-refractivity contribution in [1.82, 2.24) is 20.2 Å². The number of imide groups is 2. The zero-order chi connectivity index (χ0) is 36.0. The second-order valence-electron chi connectivity index (χ2n) is 14.2. The minimum Gasteiger partial charge on any atom is -0.490 e. The Morgan fingerprint density at radius 3 is 2.12 bits per heavy atom. The van der Waals surface area contributed by atoms with Crippen LogP contribution in [0.1, 0.15) is 102 Å². The van der Waals surface area contributed by atoms with Crippen LogP contribution < -0.4 is 20.1 Å². The van der Waals surface area contributed by atoms with Crippen molar-refractivity contribution in [1.29, 1.82) is 0 Å². The lowest BCUT2D eigenvalue weighted by Crippen LogP contribution is -2.54. The summed E-state index contributed by atoms with van der Waals surface area (Å²) in [6.45, 7) is 1.62. The number of nitrogens with zero attached hydrogens (tertiary/aromatic N) is 3. The molecule has 2 aliphatic heterocycles. The van der Waals surface area contributed by atoms with Crippen LogP contribution in [0.2, 0.25) is 0 Å². The van der Waals surface area contributed by atoms with Gasteiger partial charge in [0.15, 0.2) is 11.6 Å². The predicted octanol–water partition coefficient (Wildman–Crippen LogP) is 5.61. The van der Waals surface area contributed by atoms with E-state index in [0.717, 1.165) is 54.9 Å². The molecule has 2 atom stereocenters. The van der Waals surface area contributed by atoms with Crippen molar-refractivity contribution in [3.8, 4) is 17.2 Å². The summed E-state index contributed by atoms with van der Waals surface area (Å²) in [5.41, 5.74) is 3.68. The van der Waals surface area contributed by atoms with E-state index in [1.165, 1.54) is 11.1 Å². The van der Waals surface area contributed by atoms with Crippen LogP contribution in [0.4, 0.5) is 5.69 Å². The average molecular weight is 702 g/mol. The molecular formula is C40H39N5O7.